The van der Waals surface area contributed by atoms with Gasteiger partial charge in [0.25, 0.3) is 0 Å². The fourth-order valence-corrected chi connectivity index (χ4v) is 10.8. The van der Waals surface area contributed by atoms with Crippen LogP contribution in [0.2, 0.25) is 0 Å². The monoisotopic (exact) mass is 811 g/mol. The standard InChI is InChI=1S/C60H49N3/c1-3-17-41(18-4-1)40-61-56(36-33-43-21-7-10-24-49(43)42-19-5-2-6-20-42)46-37-47(62-57-29-15-13-27-52(57)54-34-31-44-22-8-11-25-50(44)59(54)62)39-48(38-46)63-58-30-16-14-28-53(58)55-35-32-45-23-9-12-26-51(45)60(55)63/h1-8,10,12-22,24,26-30,32,35-39,61H,9,11,23,25,31,33-34,40H2/b56-36-. The first-order valence-corrected chi connectivity index (χ1v) is 22.8. The van der Waals surface area contributed by atoms with Crippen LogP contribution in [0.1, 0.15) is 64.8 Å². The summed E-state index contributed by atoms with van der Waals surface area (Å²) >= 11 is 0. The van der Waals surface area contributed by atoms with Crippen LogP contribution in [0.4, 0.5) is 0 Å². The Hall–Kier alpha value is -7.36. The topological polar surface area (TPSA) is 21.9 Å². The Bertz CT molecular complexity index is 3350. The van der Waals surface area contributed by atoms with Crippen molar-refractivity contribution in [2.24, 2.45) is 0 Å². The molecule has 0 amide bonds. The first kappa shape index (κ1) is 37.4. The predicted octanol–water partition coefficient (Wildman–Crippen LogP) is 14.8. The molecule has 3 nitrogen and oxygen atoms in total. The molecule has 63 heavy (non-hydrogen) atoms. The number of benzene rings is 7. The summed E-state index contributed by atoms with van der Waals surface area (Å²) in [6.45, 7) is 0.713. The van der Waals surface area contributed by atoms with Crippen LogP contribution in [0.3, 0.4) is 0 Å². The van der Waals surface area contributed by atoms with Crippen molar-refractivity contribution in [1.82, 2.24) is 14.5 Å². The lowest BCUT2D eigenvalue weighted by Gasteiger charge is -2.25. The highest BCUT2D eigenvalue weighted by Gasteiger charge is 2.28. The van der Waals surface area contributed by atoms with E-state index in [2.05, 4.69) is 209 Å². The summed E-state index contributed by atoms with van der Waals surface area (Å²) in [5.74, 6) is 0. The lowest BCUT2D eigenvalue weighted by molar-refractivity contribution is 0.876. The molecule has 0 saturated carbocycles. The molecule has 304 valence electrons. The average Bonchev–Trinajstić information content (AvgIpc) is 3.88. The predicted molar refractivity (Wildman–Crippen MR) is 265 cm³/mol. The van der Waals surface area contributed by atoms with Crippen molar-refractivity contribution >= 4 is 50.1 Å². The van der Waals surface area contributed by atoms with Gasteiger partial charge in [0, 0.05) is 50.9 Å². The van der Waals surface area contributed by atoms with Crippen molar-refractivity contribution in [2.45, 2.75) is 51.5 Å². The molecule has 0 spiro atoms. The third kappa shape index (κ3) is 6.58. The summed E-state index contributed by atoms with van der Waals surface area (Å²) in [7, 11) is 0. The normalized spacial score (nSPS) is 14.6. The number of aryl methyl sites for hydroxylation is 2. The van der Waals surface area contributed by atoms with E-state index in [0.717, 1.165) is 50.6 Å². The number of fused-ring (bicyclic) bond motifs is 9. The number of nitrogens with one attached hydrogen (secondary N) is 1. The molecule has 0 aliphatic heterocycles. The van der Waals surface area contributed by atoms with E-state index in [4.69, 9.17) is 0 Å². The Morgan fingerprint density at radius 3 is 2.13 bits per heavy atom. The van der Waals surface area contributed by atoms with Gasteiger partial charge in [-0.3, -0.25) is 0 Å². The van der Waals surface area contributed by atoms with Crippen molar-refractivity contribution in [3.63, 3.8) is 0 Å². The number of nitrogens with zero attached hydrogens (tertiary/aromatic N) is 2. The van der Waals surface area contributed by atoms with E-state index in [1.54, 1.807) is 0 Å². The Balaban J connectivity index is 1.13. The van der Waals surface area contributed by atoms with E-state index >= 15 is 0 Å². The molecule has 0 radical (unpaired) electrons. The quantitative estimate of drug-likeness (QED) is 0.154. The maximum atomic E-state index is 4.01. The van der Waals surface area contributed by atoms with Gasteiger partial charge in [0.1, 0.15) is 0 Å². The summed E-state index contributed by atoms with van der Waals surface area (Å²) in [5, 5.41) is 7.96. The first-order chi connectivity index (χ1) is 31.3. The molecule has 0 unspecified atom stereocenters. The highest BCUT2D eigenvalue weighted by molar-refractivity contribution is 6.12. The van der Waals surface area contributed by atoms with Crippen LogP contribution in [0.25, 0.3) is 72.6 Å². The highest BCUT2D eigenvalue weighted by atomic mass is 15.0. The Morgan fingerprint density at radius 2 is 1.27 bits per heavy atom. The van der Waals surface area contributed by atoms with Gasteiger partial charge in [-0.1, -0.05) is 164 Å². The first-order valence-electron chi connectivity index (χ1n) is 22.8. The van der Waals surface area contributed by atoms with E-state index in [9.17, 15) is 0 Å². The van der Waals surface area contributed by atoms with E-state index in [1.165, 1.54) is 105 Å². The SMILES string of the molecule is C1=CC2=C(CC1)c1c(c3ccccc3n1-c1cc(/C(=C/Cc3ccccc3-c3ccccc3)NCc3ccccc3)cc(-n3c4ccccc4c4ccc5c(c43)C=CCC5)c1)CC2. The molecule has 12 rings (SSSR count). The van der Waals surface area contributed by atoms with E-state index in [0.29, 0.717) is 6.54 Å². The number of rotatable bonds is 9. The summed E-state index contributed by atoms with van der Waals surface area (Å²) in [5.41, 5.74) is 22.1. The molecule has 2 aromatic heterocycles. The number of hydrogen-bond donors (Lipinski definition) is 1. The van der Waals surface area contributed by atoms with Crippen molar-refractivity contribution in [1.29, 1.82) is 0 Å². The number of para-hydroxylation sites is 2. The lowest BCUT2D eigenvalue weighted by Crippen LogP contribution is -2.14. The van der Waals surface area contributed by atoms with Gasteiger partial charge in [0.15, 0.2) is 0 Å². The van der Waals surface area contributed by atoms with Crippen molar-refractivity contribution in [3.8, 4) is 22.5 Å². The third-order valence-electron chi connectivity index (χ3n) is 13.7. The van der Waals surface area contributed by atoms with Crippen LogP contribution in [-0.2, 0) is 25.8 Å². The largest absolute Gasteiger partial charge is 0.381 e. The van der Waals surface area contributed by atoms with E-state index < -0.39 is 0 Å². The Morgan fingerprint density at radius 1 is 0.571 bits per heavy atom. The lowest BCUT2D eigenvalue weighted by atomic mass is 9.84. The zero-order valence-electron chi connectivity index (χ0n) is 35.5. The molecule has 3 aliphatic carbocycles. The molecule has 0 fully saturated rings. The fraction of sp³-hybridized carbons (Fsp3) is 0.133. The Labute approximate surface area is 369 Å². The highest BCUT2D eigenvalue weighted by Crippen LogP contribution is 2.45. The molecule has 1 N–H and O–H groups in total. The molecule has 3 aliphatic rings. The maximum Gasteiger partial charge on any atom is 0.0616 e. The smallest absolute Gasteiger partial charge is 0.0616 e. The molecular weight excluding hydrogens is 763 g/mol. The van der Waals surface area contributed by atoms with Gasteiger partial charge in [0.2, 0.25) is 0 Å². The summed E-state index contributed by atoms with van der Waals surface area (Å²) in [6.07, 6.45) is 19.1. The summed E-state index contributed by atoms with van der Waals surface area (Å²) < 4.78 is 5.19. The van der Waals surface area contributed by atoms with E-state index in [-0.39, 0.29) is 0 Å². The van der Waals surface area contributed by atoms with Crippen LogP contribution in [0.15, 0.2) is 194 Å². The summed E-state index contributed by atoms with van der Waals surface area (Å²) in [6, 6.07) is 60.7. The second-order valence-electron chi connectivity index (χ2n) is 17.4. The average molecular weight is 812 g/mol. The minimum Gasteiger partial charge on any atom is -0.381 e. The number of aromatic nitrogens is 2. The molecule has 2 heterocycles. The number of hydrogen-bond acceptors (Lipinski definition) is 1. The molecule has 0 bridgehead atoms. The zero-order valence-corrected chi connectivity index (χ0v) is 35.5. The van der Waals surface area contributed by atoms with Crippen LogP contribution < -0.4 is 5.32 Å². The van der Waals surface area contributed by atoms with Gasteiger partial charge in [-0.25, -0.2) is 0 Å². The maximum absolute atomic E-state index is 4.01. The van der Waals surface area contributed by atoms with Gasteiger partial charge >= 0.3 is 0 Å². The minimum atomic E-state index is 0.713. The molecule has 0 atom stereocenters. The van der Waals surface area contributed by atoms with Gasteiger partial charge in [-0.05, 0) is 120 Å². The van der Waals surface area contributed by atoms with Crippen LogP contribution in [0.5, 0.6) is 0 Å². The minimum absolute atomic E-state index is 0.713. The molecule has 7 aromatic carbocycles. The van der Waals surface area contributed by atoms with Crippen molar-refractivity contribution < 1.29 is 0 Å². The molecular formula is C60H49N3. The molecule has 0 saturated heterocycles. The Kier molecular flexibility index (Phi) is 9.40. The van der Waals surface area contributed by atoms with E-state index in [1.807, 2.05) is 0 Å². The third-order valence-corrected chi connectivity index (χ3v) is 13.7. The van der Waals surface area contributed by atoms with Crippen LogP contribution >= 0.6 is 0 Å². The molecule has 3 heteroatoms. The van der Waals surface area contributed by atoms with Gasteiger partial charge in [0.05, 0.1) is 22.2 Å². The number of allylic oxidation sites excluding steroid dienone is 6. The fourth-order valence-electron chi connectivity index (χ4n) is 10.8. The summed E-state index contributed by atoms with van der Waals surface area (Å²) in [4.78, 5) is 0. The van der Waals surface area contributed by atoms with Crippen LogP contribution in [0, 0.1) is 0 Å². The van der Waals surface area contributed by atoms with Crippen molar-refractivity contribution in [3.05, 3.63) is 233 Å². The zero-order chi connectivity index (χ0) is 41.7. The van der Waals surface area contributed by atoms with Gasteiger partial charge < -0.3 is 14.5 Å². The molecule has 9 aromatic rings. The second-order valence-corrected chi connectivity index (χ2v) is 17.4. The van der Waals surface area contributed by atoms with Gasteiger partial charge in [-0.2, -0.15) is 0 Å². The van der Waals surface area contributed by atoms with Gasteiger partial charge in [-0.15, -0.1) is 0 Å². The second kappa shape index (κ2) is 15.8. The van der Waals surface area contributed by atoms with Crippen LogP contribution in [-0.4, -0.2) is 9.13 Å². The van der Waals surface area contributed by atoms with Crippen molar-refractivity contribution in [2.75, 3.05) is 0 Å².